The highest BCUT2D eigenvalue weighted by atomic mass is 15.6. The summed E-state index contributed by atoms with van der Waals surface area (Å²) in [5.41, 5.74) is 0. The Morgan fingerprint density at radius 3 is 2.57 bits per heavy atom. The van der Waals surface area contributed by atoms with Gasteiger partial charge >= 0.3 is 0 Å². The molecule has 1 aromatic heterocycles. The summed E-state index contributed by atoms with van der Waals surface area (Å²) in [5, 5.41) is 15.1. The van der Waals surface area contributed by atoms with Crippen LogP contribution in [0, 0.1) is 5.92 Å². The van der Waals surface area contributed by atoms with Gasteiger partial charge in [0.2, 0.25) is 0 Å². The van der Waals surface area contributed by atoms with E-state index in [9.17, 15) is 0 Å². The number of hydrogen-bond acceptors (Lipinski definition) is 4. The second-order valence-corrected chi connectivity index (χ2v) is 4.11. The zero-order valence-corrected chi connectivity index (χ0v) is 9.36. The van der Waals surface area contributed by atoms with Gasteiger partial charge in [-0.25, -0.2) is 0 Å². The molecule has 80 valence electrons. The summed E-state index contributed by atoms with van der Waals surface area (Å²) >= 11 is 0. The number of aromatic nitrogens is 4. The Morgan fingerprint density at radius 1 is 1.36 bits per heavy atom. The van der Waals surface area contributed by atoms with Crippen LogP contribution < -0.4 is 5.32 Å². The average molecular weight is 197 g/mol. The van der Waals surface area contributed by atoms with Crippen molar-refractivity contribution in [1.29, 1.82) is 0 Å². The fourth-order valence-electron chi connectivity index (χ4n) is 1.45. The van der Waals surface area contributed by atoms with Gasteiger partial charge in [-0.1, -0.05) is 13.8 Å². The fraction of sp³-hybridized carbons (Fsp3) is 0.889. The Kier molecular flexibility index (Phi) is 4.00. The van der Waals surface area contributed by atoms with Crippen molar-refractivity contribution in [2.75, 3.05) is 0 Å². The molecule has 0 fully saturated rings. The number of nitrogens with one attached hydrogen (secondary N) is 1. The average Bonchev–Trinajstić information content (AvgIpc) is 2.47. The van der Waals surface area contributed by atoms with Crippen LogP contribution in [0.25, 0.3) is 0 Å². The molecule has 0 saturated carbocycles. The van der Waals surface area contributed by atoms with E-state index in [0.29, 0.717) is 18.5 Å². The zero-order valence-electron chi connectivity index (χ0n) is 9.36. The lowest BCUT2D eigenvalue weighted by atomic mass is 10.1. The second-order valence-electron chi connectivity index (χ2n) is 4.11. The molecule has 14 heavy (non-hydrogen) atoms. The van der Waals surface area contributed by atoms with Gasteiger partial charge in [0.1, 0.15) is 0 Å². The van der Waals surface area contributed by atoms with Crippen LogP contribution in [-0.2, 0) is 13.6 Å². The van der Waals surface area contributed by atoms with Gasteiger partial charge in [0, 0.05) is 6.04 Å². The molecule has 0 spiro atoms. The van der Waals surface area contributed by atoms with Crippen LogP contribution in [0.5, 0.6) is 0 Å². The van der Waals surface area contributed by atoms with Gasteiger partial charge in [-0.05, 0) is 24.5 Å². The number of aryl methyl sites for hydroxylation is 1. The van der Waals surface area contributed by atoms with Gasteiger partial charge < -0.3 is 5.32 Å². The third kappa shape index (κ3) is 3.83. The SMILES string of the molecule is CC(C)CC(C)NCc1nnn(C)n1. The molecule has 1 atom stereocenters. The van der Waals surface area contributed by atoms with E-state index in [1.807, 2.05) is 0 Å². The van der Waals surface area contributed by atoms with E-state index in [1.54, 1.807) is 7.05 Å². The Labute approximate surface area is 84.9 Å². The Hall–Kier alpha value is -0.970. The second kappa shape index (κ2) is 5.05. The van der Waals surface area contributed by atoms with Crippen molar-refractivity contribution in [3.05, 3.63) is 5.82 Å². The van der Waals surface area contributed by atoms with E-state index in [0.717, 1.165) is 5.82 Å². The van der Waals surface area contributed by atoms with Crippen LogP contribution >= 0.6 is 0 Å². The van der Waals surface area contributed by atoms with Crippen molar-refractivity contribution in [3.8, 4) is 0 Å². The third-order valence-corrected chi connectivity index (χ3v) is 1.98. The molecule has 0 radical (unpaired) electrons. The summed E-state index contributed by atoms with van der Waals surface area (Å²) in [6.07, 6.45) is 1.17. The van der Waals surface area contributed by atoms with Gasteiger partial charge in [0.15, 0.2) is 5.82 Å². The highest BCUT2D eigenvalue weighted by molar-refractivity contribution is 4.76. The molecular formula is C9H19N5. The lowest BCUT2D eigenvalue weighted by molar-refractivity contribution is 0.436. The predicted molar refractivity (Wildman–Crippen MR) is 54.6 cm³/mol. The van der Waals surface area contributed by atoms with E-state index in [2.05, 4.69) is 41.5 Å². The molecule has 0 bridgehead atoms. The minimum absolute atomic E-state index is 0.499. The fourth-order valence-corrected chi connectivity index (χ4v) is 1.45. The van der Waals surface area contributed by atoms with Crippen LogP contribution in [0.1, 0.15) is 33.0 Å². The summed E-state index contributed by atoms with van der Waals surface area (Å²) in [7, 11) is 1.77. The standard InChI is InChI=1S/C9H19N5/c1-7(2)5-8(3)10-6-9-11-13-14(4)12-9/h7-8,10H,5-6H2,1-4H3. The van der Waals surface area contributed by atoms with Crippen molar-refractivity contribution >= 4 is 0 Å². The first-order valence-electron chi connectivity index (χ1n) is 5.04. The Bertz CT molecular complexity index is 268. The zero-order chi connectivity index (χ0) is 10.6. The smallest absolute Gasteiger partial charge is 0.188 e. The number of hydrogen-bond donors (Lipinski definition) is 1. The lowest BCUT2D eigenvalue weighted by Gasteiger charge is -2.14. The van der Waals surface area contributed by atoms with E-state index >= 15 is 0 Å². The first-order valence-corrected chi connectivity index (χ1v) is 5.04. The van der Waals surface area contributed by atoms with Crippen LogP contribution in [-0.4, -0.2) is 26.2 Å². The minimum Gasteiger partial charge on any atom is -0.307 e. The molecule has 0 amide bonds. The molecule has 0 aliphatic carbocycles. The number of nitrogens with zero attached hydrogens (tertiary/aromatic N) is 4. The topological polar surface area (TPSA) is 55.6 Å². The van der Waals surface area contributed by atoms with Crippen LogP contribution in [0.3, 0.4) is 0 Å². The summed E-state index contributed by atoms with van der Waals surface area (Å²) in [6, 6.07) is 0.499. The summed E-state index contributed by atoms with van der Waals surface area (Å²) in [4.78, 5) is 1.48. The largest absolute Gasteiger partial charge is 0.307 e. The lowest BCUT2D eigenvalue weighted by Crippen LogP contribution is -2.27. The van der Waals surface area contributed by atoms with Gasteiger partial charge in [0.05, 0.1) is 13.6 Å². The molecule has 1 N–H and O–H groups in total. The normalized spacial score (nSPS) is 13.5. The summed E-state index contributed by atoms with van der Waals surface area (Å²) in [6.45, 7) is 7.32. The van der Waals surface area contributed by atoms with Crippen molar-refractivity contribution < 1.29 is 0 Å². The Balaban J connectivity index is 2.26. The molecule has 1 heterocycles. The van der Waals surface area contributed by atoms with Crippen molar-refractivity contribution in [3.63, 3.8) is 0 Å². The number of rotatable bonds is 5. The maximum absolute atomic E-state index is 4.09. The molecule has 1 unspecified atom stereocenters. The predicted octanol–water partition coefficient (Wildman–Crippen LogP) is 0.734. The summed E-state index contributed by atoms with van der Waals surface area (Å²) < 4.78 is 0. The molecule has 5 heteroatoms. The molecule has 1 aromatic rings. The first-order chi connectivity index (χ1) is 6.58. The van der Waals surface area contributed by atoms with Gasteiger partial charge in [-0.2, -0.15) is 4.80 Å². The number of tetrazole rings is 1. The third-order valence-electron chi connectivity index (χ3n) is 1.98. The molecule has 0 aromatic carbocycles. The van der Waals surface area contributed by atoms with Crippen LogP contribution in [0.2, 0.25) is 0 Å². The molecule has 0 aliphatic rings. The van der Waals surface area contributed by atoms with Crippen molar-refractivity contribution in [1.82, 2.24) is 25.5 Å². The molecular weight excluding hydrogens is 178 g/mol. The highest BCUT2D eigenvalue weighted by Crippen LogP contribution is 2.03. The summed E-state index contributed by atoms with van der Waals surface area (Å²) in [5.74, 6) is 1.47. The maximum atomic E-state index is 4.09. The van der Waals surface area contributed by atoms with Crippen molar-refractivity contribution in [2.45, 2.75) is 39.8 Å². The molecule has 0 saturated heterocycles. The quantitative estimate of drug-likeness (QED) is 0.756. The van der Waals surface area contributed by atoms with E-state index in [1.165, 1.54) is 11.2 Å². The van der Waals surface area contributed by atoms with E-state index < -0.39 is 0 Å². The highest BCUT2D eigenvalue weighted by Gasteiger charge is 2.06. The van der Waals surface area contributed by atoms with Crippen LogP contribution in [0.15, 0.2) is 0 Å². The molecule has 1 rings (SSSR count). The molecule has 5 nitrogen and oxygen atoms in total. The van der Waals surface area contributed by atoms with E-state index in [4.69, 9.17) is 0 Å². The van der Waals surface area contributed by atoms with Crippen LogP contribution in [0.4, 0.5) is 0 Å². The van der Waals surface area contributed by atoms with Crippen molar-refractivity contribution in [2.24, 2.45) is 13.0 Å². The van der Waals surface area contributed by atoms with Gasteiger partial charge in [-0.15, -0.1) is 10.2 Å². The maximum Gasteiger partial charge on any atom is 0.188 e. The monoisotopic (exact) mass is 197 g/mol. The van der Waals surface area contributed by atoms with Gasteiger partial charge in [0.25, 0.3) is 0 Å². The van der Waals surface area contributed by atoms with E-state index in [-0.39, 0.29) is 0 Å². The molecule has 0 aliphatic heterocycles. The Morgan fingerprint density at radius 2 is 2.07 bits per heavy atom. The first kappa shape index (κ1) is 11.1. The van der Waals surface area contributed by atoms with Gasteiger partial charge in [-0.3, -0.25) is 0 Å². The minimum atomic E-state index is 0.499.